The summed E-state index contributed by atoms with van der Waals surface area (Å²) in [6.07, 6.45) is 1.34. The maximum absolute atomic E-state index is 11.5. The summed E-state index contributed by atoms with van der Waals surface area (Å²) in [5.74, 6) is -0.156. The summed E-state index contributed by atoms with van der Waals surface area (Å²) in [5.41, 5.74) is 6.90. The van der Waals surface area contributed by atoms with Gasteiger partial charge < -0.3 is 16.4 Å². The van der Waals surface area contributed by atoms with Crippen molar-refractivity contribution in [3.63, 3.8) is 0 Å². The summed E-state index contributed by atoms with van der Waals surface area (Å²) in [6.45, 7) is 0.321. The van der Waals surface area contributed by atoms with Gasteiger partial charge in [0.1, 0.15) is 11.6 Å². The number of benzene rings is 1. The average molecular weight is 265 g/mol. The number of nitrogens with one attached hydrogen (secondary N) is 2. The van der Waals surface area contributed by atoms with Crippen molar-refractivity contribution in [1.29, 1.82) is 5.26 Å². The summed E-state index contributed by atoms with van der Waals surface area (Å²) in [5, 5.41) is 14.2. The molecule has 0 aliphatic carbocycles. The SMILES string of the molecule is N#C/C(=C/Nc1ccc(N)cc1)C(=O)NCCCl. The second-order valence-corrected chi connectivity index (χ2v) is 3.76. The number of nitrogen functional groups attached to an aromatic ring is 1. The number of nitrogens with two attached hydrogens (primary N) is 1. The zero-order chi connectivity index (χ0) is 13.4. The van der Waals surface area contributed by atoms with Crippen LogP contribution in [0.1, 0.15) is 0 Å². The summed E-state index contributed by atoms with van der Waals surface area (Å²) < 4.78 is 0. The van der Waals surface area contributed by atoms with E-state index in [1.165, 1.54) is 6.20 Å². The predicted octanol–water partition coefficient (Wildman–Crippen LogP) is 1.44. The fraction of sp³-hybridized carbons (Fsp3) is 0.167. The molecule has 6 heteroatoms. The lowest BCUT2D eigenvalue weighted by atomic mass is 10.2. The second-order valence-electron chi connectivity index (χ2n) is 3.38. The Morgan fingerprint density at radius 3 is 2.67 bits per heavy atom. The van der Waals surface area contributed by atoms with Crippen LogP contribution in [0.2, 0.25) is 0 Å². The van der Waals surface area contributed by atoms with E-state index in [1.807, 2.05) is 6.07 Å². The minimum absolute atomic E-state index is 0.0167. The van der Waals surface area contributed by atoms with Crippen LogP contribution >= 0.6 is 11.6 Å². The number of halogens is 1. The first kappa shape index (κ1) is 13.9. The summed E-state index contributed by atoms with van der Waals surface area (Å²) in [6, 6.07) is 8.74. The topological polar surface area (TPSA) is 90.9 Å². The number of nitriles is 1. The summed E-state index contributed by atoms with van der Waals surface area (Å²) >= 11 is 5.44. The van der Waals surface area contributed by atoms with Crippen LogP contribution in [-0.2, 0) is 4.79 Å². The van der Waals surface area contributed by atoms with Gasteiger partial charge >= 0.3 is 0 Å². The van der Waals surface area contributed by atoms with Gasteiger partial charge in [-0.15, -0.1) is 11.6 Å². The Hall–Kier alpha value is -2.19. The number of amides is 1. The van der Waals surface area contributed by atoms with Crippen LogP contribution in [0.15, 0.2) is 36.0 Å². The van der Waals surface area contributed by atoms with Crippen molar-refractivity contribution in [3.05, 3.63) is 36.0 Å². The third-order valence-electron chi connectivity index (χ3n) is 2.04. The molecule has 0 heterocycles. The number of hydrogen-bond donors (Lipinski definition) is 3. The molecular weight excluding hydrogens is 252 g/mol. The van der Waals surface area contributed by atoms with E-state index in [0.717, 1.165) is 5.69 Å². The van der Waals surface area contributed by atoms with Crippen molar-refractivity contribution in [2.45, 2.75) is 0 Å². The Kier molecular flexibility index (Phi) is 5.55. The molecule has 18 heavy (non-hydrogen) atoms. The lowest BCUT2D eigenvalue weighted by Crippen LogP contribution is -2.26. The number of carbonyl (C=O) groups is 1. The molecule has 0 fully saturated rings. The minimum atomic E-state index is -0.457. The van der Waals surface area contributed by atoms with Crippen molar-refractivity contribution >= 4 is 28.9 Å². The van der Waals surface area contributed by atoms with Gasteiger partial charge in [0, 0.05) is 30.0 Å². The first-order valence-electron chi connectivity index (χ1n) is 5.24. The highest BCUT2D eigenvalue weighted by Crippen LogP contribution is 2.10. The smallest absolute Gasteiger partial charge is 0.263 e. The van der Waals surface area contributed by atoms with Crippen molar-refractivity contribution in [2.24, 2.45) is 0 Å². The number of nitrogens with zero attached hydrogens (tertiary/aromatic N) is 1. The number of hydrogen-bond acceptors (Lipinski definition) is 4. The van der Waals surface area contributed by atoms with Gasteiger partial charge in [0.25, 0.3) is 5.91 Å². The molecule has 4 N–H and O–H groups in total. The molecule has 0 unspecified atom stereocenters. The number of rotatable bonds is 5. The van der Waals surface area contributed by atoms with Crippen molar-refractivity contribution in [2.75, 3.05) is 23.5 Å². The van der Waals surface area contributed by atoms with Gasteiger partial charge in [-0.3, -0.25) is 4.79 Å². The first-order chi connectivity index (χ1) is 8.67. The van der Waals surface area contributed by atoms with E-state index in [9.17, 15) is 4.79 Å². The fourth-order valence-corrected chi connectivity index (χ4v) is 1.23. The van der Waals surface area contributed by atoms with Gasteiger partial charge in [-0.25, -0.2) is 0 Å². The Morgan fingerprint density at radius 1 is 1.44 bits per heavy atom. The molecule has 0 saturated heterocycles. The maximum atomic E-state index is 11.5. The fourth-order valence-electron chi connectivity index (χ4n) is 1.14. The molecule has 0 spiro atoms. The van der Waals surface area contributed by atoms with Gasteiger partial charge in [0.15, 0.2) is 0 Å². The van der Waals surface area contributed by atoms with E-state index in [0.29, 0.717) is 18.1 Å². The lowest BCUT2D eigenvalue weighted by molar-refractivity contribution is -0.117. The highest BCUT2D eigenvalue weighted by Gasteiger charge is 2.07. The Labute approximate surface area is 110 Å². The molecular formula is C12H13ClN4O. The molecule has 0 aromatic heterocycles. The summed E-state index contributed by atoms with van der Waals surface area (Å²) in [7, 11) is 0. The molecule has 1 rings (SSSR count). The molecule has 1 aromatic rings. The maximum Gasteiger partial charge on any atom is 0.263 e. The largest absolute Gasteiger partial charge is 0.399 e. The van der Waals surface area contributed by atoms with Crippen molar-refractivity contribution < 1.29 is 4.79 Å². The van der Waals surface area contributed by atoms with E-state index < -0.39 is 5.91 Å². The molecule has 0 atom stereocenters. The average Bonchev–Trinajstić information content (AvgIpc) is 2.39. The molecule has 5 nitrogen and oxygen atoms in total. The molecule has 1 aromatic carbocycles. The van der Waals surface area contributed by atoms with Crippen LogP contribution in [0.25, 0.3) is 0 Å². The van der Waals surface area contributed by atoms with Crippen LogP contribution in [0.5, 0.6) is 0 Å². The van der Waals surface area contributed by atoms with Gasteiger partial charge in [0.05, 0.1) is 0 Å². The molecule has 0 aliphatic heterocycles. The van der Waals surface area contributed by atoms with Crippen LogP contribution in [-0.4, -0.2) is 18.3 Å². The first-order valence-corrected chi connectivity index (χ1v) is 5.77. The Bertz CT molecular complexity index is 476. The second kappa shape index (κ2) is 7.20. The number of anilines is 2. The molecule has 1 amide bonds. The van der Waals surface area contributed by atoms with Crippen LogP contribution in [0, 0.1) is 11.3 Å². The minimum Gasteiger partial charge on any atom is -0.399 e. The van der Waals surface area contributed by atoms with Gasteiger partial charge in [-0.2, -0.15) is 5.26 Å². The van der Waals surface area contributed by atoms with Gasteiger partial charge in [0.2, 0.25) is 0 Å². The third-order valence-corrected chi connectivity index (χ3v) is 2.23. The van der Waals surface area contributed by atoms with Crippen LogP contribution in [0.4, 0.5) is 11.4 Å². The third kappa shape index (κ3) is 4.36. The highest BCUT2D eigenvalue weighted by atomic mass is 35.5. The summed E-state index contributed by atoms with van der Waals surface area (Å²) in [4.78, 5) is 11.5. The molecule has 0 aliphatic rings. The Morgan fingerprint density at radius 2 is 2.11 bits per heavy atom. The monoisotopic (exact) mass is 264 g/mol. The normalized spacial score (nSPS) is 10.6. The van der Waals surface area contributed by atoms with Gasteiger partial charge in [-0.1, -0.05) is 0 Å². The predicted molar refractivity (Wildman–Crippen MR) is 71.9 cm³/mol. The Balaban J connectivity index is 2.66. The van der Waals surface area contributed by atoms with E-state index in [2.05, 4.69) is 10.6 Å². The molecule has 94 valence electrons. The molecule has 0 radical (unpaired) electrons. The lowest BCUT2D eigenvalue weighted by Gasteiger charge is -2.03. The van der Waals surface area contributed by atoms with Crippen molar-refractivity contribution in [1.82, 2.24) is 5.32 Å². The zero-order valence-electron chi connectivity index (χ0n) is 9.61. The van der Waals surface area contributed by atoms with E-state index in [4.69, 9.17) is 22.6 Å². The molecule has 0 bridgehead atoms. The van der Waals surface area contributed by atoms with Crippen LogP contribution < -0.4 is 16.4 Å². The standard InChI is InChI=1S/C12H13ClN4O/c13-5-6-16-12(18)9(7-14)8-17-11-3-1-10(15)2-4-11/h1-4,8,17H,5-6,15H2,(H,16,18)/b9-8-. The number of alkyl halides is 1. The zero-order valence-corrected chi connectivity index (χ0v) is 10.4. The van der Waals surface area contributed by atoms with Gasteiger partial charge in [-0.05, 0) is 24.3 Å². The quantitative estimate of drug-likeness (QED) is 0.325. The molecule has 0 saturated carbocycles. The van der Waals surface area contributed by atoms with E-state index >= 15 is 0 Å². The highest BCUT2D eigenvalue weighted by molar-refractivity contribution is 6.18. The van der Waals surface area contributed by atoms with Crippen molar-refractivity contribution in [3.8, 4) is 6.07 Å². The van der Waals surface area contributed by atoms with E-state index in [-0.39, 0.29) is 5.57 Å². The van der Waals surface area contributed by atoms with Crippen LogP contribution in [0.3, 0.4) is 0 Å². The number of carbonyl (C=O) groups excluding carboxylic acids is 1. The van der Waals surface area contributed by atoms with E-state index in [1.54, 1.807) is 24.3 Å².